The second kappa shape index (κ2) is 13.5. The van der Waals surface area contributed by atoms with Gasteiger partial charge in [-0.05, 0) is 80.0 Å². The molecule has 0 bridgehead atoms. The van der Waals surface area contributed by atoms with Crippen molar-refractivity contribution >= 4 is 17.6 Å². The highest BCUT2D eigenvalue weighted by molar-refractivity contribution is 5.95. The Morgan fingerprint density at radius 3 is 2.44 bits per heavy atom. The van der Waals surface area contributed by atoms with Gasteiger partial charge in [0.1, 0.15) is 0 Å². The summed E-state index contributed by atoms with van der Waals surface area (Å²) >= 11 is 0. The van der Waals surface area contributed by atoms with E-state index in [2.05, 4.69) is 53.6 Å². The van der Waals surface area contributed by atoms with Crippen LogP contribution in [0.2, 0.25) is 0 Å². The monoisotopic (exact) mass is 528 g/mol. The summed E-state index contributed by atoms with van der Waals surface area (Å²) in [5, 5.41) is 15.2. The lowest BCUT2D eigenvalue weighted by molar-refractivity contribution is -0.132. The van der Waals surface area contributed by atoms with Crippen LogP contribution in [0.4, 0.5) is 0 Å². The lowest BCUT2D eigenvalue weighted by atomic mass is 9.83. The Balaban J connectivity index is 1.40. The average Bonchev–Trinajstić information content (AvgIpc) is 3.14. The van der Waals surface area contributed by atoms with Crippen molar-refractivity contribution in [2.75, 3.05) is 13.1 Å². The SMILES string of the molecule is CC(C)C[C@H](NC(=O)[C@@H]1CCCC[C@@H]1NC(=O)c1ccc(C#N)cc1)C(=O)CN1CCCc2ccccc2C1. The summed E-state index contributed by atoms with van der Waals surface area (Å²) in [4.78, 5) is 42.2. The standard InChI is InChI=1S/C32H40N4O3/c1-22(2)18-29(30(37)21-36-17-7-10-24-8-3-4-9-26(24)20-36)35-32(39)27-11-5-6-12-28(27)34-31(38)25-15-13-23(19-33)14-16-25/h3-4,8-9,13-16,22,27-29H,5-7,10-12,17-18,20-21H2,1-2H3,(H,34,38)(H,35,39)/t27-,28+,29+/m1/s1. The molecule has 2 amide bonds. The average molecular weight is 529 g/mol. The maximum absolute atomic E-state index is 13.6. The summed E-state index contributed by atoms with van der Waals surface area (Å²) in [5.74, 6) is -0.484. The highest BCUT2D eigenvalue weighted by Crippen LogP contribution is 2.26. The Morgan fingerprint density at radius 2 is 1.72 bits per heavy atom. The van der Waals surface area contributed by atoms with Gasteiger partial charge in [0.05, 0.1) is 30.1 Å². The normalized spacial score (nSPS) is 20.3. The van der Waals surface area contributed by atoms with Gasteiger partial charge in [0, 0.05) is 18.2 Å². The molecule has 1 saturated carbocycles. The van der Waals surface area contributed by atoms with Crippen LogP contribution in [0.15, 0.2) is 48.5 Å². The second-order valence-electron chi connectivity index (χ2n) is 11.4. The van der Waals surface area contributed by atoms with Gasteiger partial charge in [-0.25, -0.2) is 0 Å². The van der Waals surface area contributed by atoms with E-state index in [1.54, 1.807) is 24.3 Å². The first-order valence-corrected chi connectivity index (χ1v) is 14.3. The van der Waals surface area contributed by atoms with Gasteiger partial charge in [0.2, 0.25) is 5.91 Å². The van der Waals surface area contributed by atoms with Gasteiger partial charge in [-0.15, -0.1) is 0 Å². The summed E-state index contributed by atoms with van der Waals surface area (Å²) in [7, 11) is 0. The molecule has 4 rings (SSSR count). The van der Waals surface area contributed by atoms with E-state index in [0.717, 1.165) is 45.2 Å². The lowest BCUT2D eigenvalue weighted by Crippen LogP contribution is -2.53. The fourth-order valence-corrected chi connectivity index (χ4v) is 5.82. The Kier molecular flexibility index (Phi) is 9.89. The zero-order valence-corrected chi connectivity index (χ0v) is 23.1. The second-order valence-corrected chi connectivity index (χ2v) is 11.4. The Bertz CT molecular complexity index is 1200. The van der Waals surface area contributed by atoms with E-state index in [4.69, 9.17) is 5.26 Å². The van der Waals surface area contributed by atoms with Crippen molar-refractivity contribution in [2.45, 2.75) is 77.4 Å². The number of Topliss-reactive ketones (excluding diaryl/α,β-unsaturated/α-hetero) is 1. The number of hydrogen-bond acceptors (Lipinski definition) is 5. The number of fused-ring (bicyclic) bond motifs is 1. The predicted molar refractivity (Wildman–Crippen MR) is 151 cm³/mol. The van der Waals surface area contributed by atoms with Crippen molar-refractivity contribution in [1.29, 1.82) is 5.26 Å². The quantitative estimate of drug-likeness (QED) is 0.502. The molecule has 1 aliphatic carbocycles. The molecular weight excluding hydrogens is 488 g/mol. The number of carbonyl (C=O) groups excluding carboxylic acids is 3. The zero-order chi connectivity index (χ0) is 27.8. The van der Waals surface area contributed by atoms with Crippen LogP contribution in [-0.2, 0) is 22.6 Å². The topological polar surface area (TPSA) is 102 Å². The highest BCUT2D eigenvalue weighted by Gasteiger charge is 2.34. The van der Waals surface area contributed by atoms with E-state index >= 15 is 0 Å². The van der Waals surface area contributed by atoms with Crippen LogP contribution in [0.5, 0.6) is 0 Å². The molecule has 0 unspecified atom stereocenters. The molecule has 206 valence electrons. The molecule has 2 aromatic rings. The van der Waals surface area contributed by atoms with E-state index in [1.807, 2.05) is 6.07 Å². The van der Waals surface area contributed by atoms with Crippen LogP contribution >= 0.6 is 0 Å². The molecule has 3 atom stereocenters. The maximum Gasteiger partial charge on any atom is 0.251 e. The number of nitrogens with zero attached hydrogens (tertiary/aromatic N) is 2. The van der Waals surface area contributed by atoms with Gasteiger partial charge in [-0.2, -0.15) is 5.26 Å². The van der Waals surface area contributed by atoms with E-state index in [0.29, 0.717) is 30.5 Å². The van der Waals surface area contributed by atoms with Crippen LogP contribution in [0.3, 0.4) is 0 Å². The highest BCUT2D eigenvalue weighted by atomic mass is 16.2. The van der Waals surface area contributed by atoms with Crippen LogP contribution < -0.4 is 10.6 Å². The summed E-state index contributed by atoms with van der Waals surface area (Å²) < 4.78 is 0. The molecule has 0 spiro atoms. The molecule has 2 aromatic carbocycles. The van der Waals surface area contributed by atoms with E-state index < -0.39 is 6.04 Å². The first-order valence-electron chi connectivity index (χ1n) is 14.3. The predicted octanol–water partition coefficient (Wildman–Crippen LogP) is 4.40. The first-order chi connectivity index (χ1) is 18.8. The minimum atomic E-state index is -0.548. The van der Waals surface area contributed by atoms with Gasteiger partial charge in [-0.3, -0.25) is 19.3 Å². The van der Waals surface area contributed by atoms with Crippen LogP contribution in [0.1, 0.15) is 79.4 Å². The largest absolute Gasteiger partial charge is 0.349 e. The van der Waals surface area contributed by atoms with Gasteiger partial charge >= 0.3 is 0 Å². The fraction of sp³-hybridized carbons (Fsp3) is 0.500. The molecule has 7 nitrogen and oxygen atoms in total. The van der Waals surface area contributed by atoms with Crippen LogP contribution in [0, 0.1) is 23.2 Å². The molecule has 1 heterocycles. The number of ketones is 1. The Hall–Kier alpha value is -3.50. The van der Waals surface area contributed by atoms with Gasteiger partial charge < -0.3 is 10.6 Å². The molecule has 39 heavy (non-hydrogen) atoms. The summed E-state index contributed by atoms with van der Waals surface area (Å²) in [6.45, 7) is 6.05. The number of aryl methyl sites for hydroxylation is 1. The van der Waals surface area contributed by atoms with Crippen molar-refractivity contribution in [2.24, 2.45) is 11.8 Å². The van der Waals surface area contributed by atoms with E-state index in [-0.39, 0.29) is 35.5 Å². The lowest BCUT2D eigenvalue weighted by Gasteiger charge is -2.33. The smallest absolute Gasteiger partial charge is 0.251 e. The number of carbonyl (C=O) groups is 3. The number of amides is 2. The molecule has 0 saturated heterocycles. The van der Waals surface area contributed by atoms with E-state index in [9.17, 15) is 14.4 Å². The number of nitrogens with one attached hydrogen (secondary N) is 2. The number of rotatable bonds is 9. The number of benzene rings is 2. The third-order valence-corrected chi connectivity index (χ3v) is 7.92. The number of hydrogen-bond donors (Lipinski definition) is 2. The van der Waals surface area contributed by atoms with E-state index in [1.165, 1.54) is 11.1 Å². The molecule has 2 aliphatic rings. The van der Waals surface area contributed by atoms with Crippen molar-refractivity contribution in [3.63, 3.8) is 0 Å². The third kappa shape index (κ3) is 7.77. The Morgan fingerprint density at radius 1 is 1.00 bits per heavy atom. The summed E-state index contributed by atoms with van der Waals surface area (Å²) in [6.07, 6.45) is 5.86. The Labute approximate surface area is 232 Å². The molecule has 7 heteroatoms. The zero-order valence-electron chi connectivity index (χ0n) is 23.1. The van der Waals surface area contributed by atoms with Crippen molar-refractivity contribution < 1.29 is 14.4 Å². The minimum absolute atomic E-state index is 0.0467. The first kappa shape index (κ1) is 28.5. The summed E-state index contributed by atoms with van der Waals surface area (Å²) in [5.41, 5.74) is 3.58. The molecule has 0 radical (unpaired) electrons. The molecule has 1 fully saturated rings. The molecule has 1 aliphatic heterocycles. The molecule has 2 N–H and O–H groups in total. The summed E-state index contributed by atoms with van der Waals surface area (Å²) in [6, 6.07) is 16.1. The minimum Gasteiger partial charge on any atom is -0.349 e. The van der Waals surface area contributed by atoms with Gasteiger partial charge in [0.15, 0.2) is 5.78 Å². The maximum atomic E-state index is 13.6. The fourth-order valence-electron chi connectivity index (χ4n) is 5.82. The number of nitriles is 1. The molecule has 0 aromatic heterocycles. The molecular formula is C32H40N4O3. The third-order valence-electron chi connectivity index (χ3n) is 7.92. The van der Waals surface area contributed by atoms with Gasteiger partial charge in [0.25, 0.3) is 5.91 Å². The van der Waals surface area contributed by atoms with Crippen molar-refractivity contribution in [3.05, 3.63) is 70.8 Å². The van der Waals surface area contributed by atoms with Crippen LogP contribution in [-0.4, -0.2) is 47.7 Å². The van der Waals surface area contributed by atoms with Crippen LogP contribution in [0.25, 0.3) is 0 Å². The van der Waals surface area contributed by atoms with Crippen molar-refractivity contribution in [1.82, 2.24) is 15.5 Å². The van der Waals surface area contributed by atoms with Gasteiger partial charge in [-0.1, -0.05) is 51.0 Å². The van der Waals surface area contributed by atoms with Crippen molar-refractivity contribution in [3.8, 4) is 6.07 Å².